The van der Waals surface area contributed by atoms with Crippen molar-refractivity contribution in [2.24, 2.45) is 0 Å². The van der Waals surface area contributed by atoms with Gasteiger partial charge in [-0.1, -0.05) is 19.9 Å². The number of aryl methyl sites for hydroxylation is 1. The number of aromatic nitrogens is 1. The van der Waals surface area contributed by atoms with E-state index >= 15 is 0 Å². The highest BCUT2D eigenvalue weighted by Crippen LogP contribution is 2.24. The zero-order valence-corrected chi connectivity index (χ0v) is 15.1. The highest BCUT2D eigenvalue weighted by molar-refractivity contribution is 6.03. The first-order valence-electron chi connectivity index (χ1n) is 8.62. The Balaban J connectivity index is 0.00000100. The topological polar surface area (TPSA) is 51.4 Å². The zero-order chi connectivity index (χ0) is 17.5. The van der Waals surface area contributed by atoms with Crippen molar-refractivity contribution in [2.75, 3.05) is 43.4 Å². The maximum absolute atomic E-state index is 12.2. The third kappa shape index (κ3) is 4.38. The first-order chi connectivity index (χ1) is 11.6. The van der Waals surface area contributed by atoms with Crippen molar-refractivity contribution in [3.63, 3.8) is 0 Å². The number of likely N-dealkylation sites (N-methyl/N-ethyl adjacent to an activating group) is 1. The fraction of sp³-hybridized carbons (Fsp3) is 0.421. The Morgan fingerprint density at radius 2 is 1.83 bits per heavy atom. The molecule has 0 radical (unpaired) electrons. The average molecular weight is 328 g/mol. The van der Waals surface area contributed by atoms with Gasteiger partial charge < -0.3 is 20.1 Å². The highest BCUT2D eigenvalue weighted by Gasteiger charge is 2.16. The monoisotopic (exact) mass is 328 g/mol. The van der Waals surface area contributed by atoms with Crippen molar-refractivity contribution >= 4 is 17.3 Å². The van der Waals surface area contributed by atoms with Gasteiger partial charge in [-0.05, 0) is 43.8 Å². The number of carbonyl (C=O) groups excluding carboxylic acids is 1. The highest BCUT2D eigenvalue weighted by atomic mass is 16.1. The van der Waals surface area contributed by atoms with Crippen LogP contribution in [0.2, 0.25) is 0 Å². The standard InChI is InChI=1S/C17H22N4O.C2H6/c1-13-5-6-14(21-10-8-20(2)9-11-21)12-16(13)19-17(22)15-4-3-7-18-15;1-2/h3-7,12,18H,8-11H2,1-2H3,(H,19,22);1-2H3. The summed E-state index contributed by atoms with van der Waals surface area (Å²) in [5, 5.41) is 2.99. The summed E-state index contributed by atoms with van der Waals surface area (Å²) < 4.78 is 0. The van der Waals surface area contributed by atoms with Crippen molar-refractivity contribution in [1.82, 2.24) is 9.88 Å². The minimum Gasteiger partial charge on any atom is -0.369 e. The third-order valence-electron chi connectivity index (χ3n) is 4.18. The van der Waals surface area contributed by atoms with Gasteiger partial charge in [0.05, 0.1) is 0 Å². The molecule has 1 aromatic heterocycles. The number of nitrogens with zero attached hydrogens (tertiary/aromatic N) is 2. The maximum Gasteiger partial charge on any atom is 0.272 e. The van der Waals surface area contributed by atoms with Crippen LogP contribution in [0.5, 0.6) is 0 Å². The van der Waals surface area contributed by atoms with Crippen molar-refractivity contribution in [2.45, 2.75) is 20.8 Å². The number of amides is 1. The van der Waals surface area contributed by atoms with Gasteiger partial charge in [0.2, 0.25) is 0 Å². The molecule has 5 nitrogen and oxygen atoms in total. The van der Waals surface area contributed by atoms with E-state index in [4.69, 9.17) is 0 Å². The van der Waals surface area contributed by atoms with Crippen molar-refractivity contribution < 1.29 is 4.79 Å². The van der Waals surface area contributed by atoms with Gasteiger partial charge in [-0.25, -0.2) is 0 Å². The van der Waals surface area contributed by atoms with E-state index in [9.17, 15) is 4.79 Å². The quantitative estimate of drug-likeness (QED) is 0.908. The molecular formula is C19H28N4O. The summed E-state index contributed by atoms with van der Waals surface area (Å²) in [6.45, 7) is 10.2. The molecular weight excluding hydrogens is 300 g/mol. The van der Waals surface area contributed by atoms with Crippen LogP contribution in [0.15, 0.2) is 36.5 Å². The SMILES string of the molecule is CC.Cc1ccc(N2CCN(C)CC2)cc1NC(=O)c1ccc[nH]1. The van der Waals surface area contributed by atoms with E-state index in [0.717, 1.165) is 37.4 Å². The number of anilines is 2. The van der Waals surface area contributed by atoms with Crippen LogP contribution in [-0.4, -0.2) is 49.0 Å². The van der Waals surface area contributed by atoms with E-state index < -0.39 is 0 Å². The van der Waals surface area contributed by atoms with Crippen LogP contribution >= 0.6 is 0 Å². The van der Waals surface area contributed by atoms with Gasteiger partial charge in [0, 0.05) is 43.8 Å². The first-order valence-corrected chi connectivity index (χ1v) is 8.62. The minimum atomic E-state index is -0.108. The maximum atomic E-state index is 12.2. The Kier molecular flexibility index (Phi) is 6.44. The lowest BCUT2D eigenvalue weighted by molar-refractivity contribution is 0.102. The molecule has 5 heteroatoms. The second-order valence-electron chi connectivity index (χ2n) is 5.83. The fourth-order valence-electron chi connectivity index (χ4n) is 2.67. The number of benzene rings is 1. The number of hydrogen-bond acceptors (Lipinski definition) is 3. The summed E-state index contributed by atoms with van der Waals surface area (Å²) in [6.07, 6.45) is 1.75. The minimum absolute atomic E-state index is 0.108. The van der Waals surface area contributed by atoms with E-state index in [-0.39, 0.29) is 5.91 Å². The third-order valence-corrected chi connectivity index (χ3v) is 4.18. The van der Waals surface area contributed by atoms with Crippen LogP contribution in [0.3, 0.4) is 0 Å². The van der Waals surface area contributed by atoms with E-state index in [2.05, 4.69) is 45.3 Å². The van der Waals surface area contributed by atoms with Crippen molar-refractivity contribution in [1.29, 1.82) is 0 Å². The molecule has 0 atom stereocenters. The molecule has 1 amide bonds. The van der Waals surface area contributed by atoms with Gasteiger partial charge in [-0.3, -0.25) is 4.79 Å². The van der Waals surface area contributed by atoms with E-state index in [1.165, 1.54) is 5.69 Å². The van der Waals surface area contributed by atoms with Crippen LogP contribution in [0, 0.1) is 6.92 Å². The Morgan fingerprint density at radius 3 is 2.46 bits per heavy atom. The summed E-state index contributed by atoms with van der Waals surface area (Å²) in [5.41, 5.74) is 3.68. The molecule has 0 bridgehead atoms. The molecule has 0 spiro atoms. The second kappa shape index (κ2) is 8.55. The molecule has 1 saturated heterocycles. The summed E-state index contributed by atoms with van der Waals surface area (Å²) in [6, 6.07) is 9.86. The molecule has 1 fully saturated rings. The number of nitrogens with one attached hydrogen (secondary N) is 2. The van der Waals surface area contributed by atoms with E-state index in [1.54, 1.807) is 12.3 Å². The summed E-state index contributed by atoms with van der Waals surface area (Å²) in [7, 11) is 2.15. The molecule has 24 heavy (non-hydrogen) atoms. The molecule has 2 N–H and O–H groups in total. The average Bonchev–Trinajstić information content (AvgIpc) is 3.14. The zero-order valence-electron chi connectivity index (χ0n) is 15.1. The van der Waals surface area contributed by atoms with Gasteiger partial charge in [0.25, 0.3) is 5.91 Å². The lowest BCUT2D eigenvalue weighted by atomic mass is 10.1. The number of H-pyrrole nitrogens is 1. The lowest BCUT2D eigenvalue weighted by Gasteiger charge is -2.34. The number of rotatable bonds is 3. The Morgan fingerprint density at radius 1 is 1.12 bits per heavy atom. The molecule has 2 heterocycles. The van der Waals surface area contributed by atoms with Gasteiger partial charge in [0.1, 0.15) is 5.69 Å². The second-order valence-corrected chi connectivity index (χ2v) is 5.83. The van der Waals surface area contributed by atoms with Gasteiger partial charge in [0.15, 0.2) is 0 Å². The van der Waals surface area contributed by atoms with E-state index in [0.29, 0.717) is 5.69 Å². The Hall–Kier alpha value is -2.27. The largest absolute Gasteiger partial charge is 0.369 e. The lowest BCUT2D eigenvalue weighted by Crippen LogP contribution is -2.44. The van der Waals surface area contributed by atoms with Gasteiger partial charge in [-0.15, -0.1) is 0 Å². The molecule has 130 valence electrons. The molecule has 1 aliphatic heterocycles. The van der Waals surface area contributed by atoms with Crippen LogP contribution in [0.25, 0.3) is 0 Å². The van der Waals surface area contributed by atoms with Crippen LogP contribution in [-0.2, 0) is 0 Å². The summed E-state index contributed by atoms with van der Waals surface area (Å²) in [5.74, 6) is -0.108. The fourth-order valence-corrected chi connectivity index (χ4v) is 2.67. The van der Waals surface area contributed by atoms with Gasteiger partial charge >= 0.3 is 0 Å². The van der Waals surface area contributed by atoms with Crippen molar-refractivity contribution in [3.8, 4) is 0 Å². The molecule has 3 rings (SSSR count). The number of piperazine rings is 1. The van der Waals surface area contributed by atoms with Crippen LogP contribution in [0.1, 0.15) is 29.9 Å². The molecule has 2 aromatic rings. The number of aromatic amines is 1. The summed E-state index contributed by atoms with van der Waals surface area (Å²) in [4.78, 5) is 19.8. The predicted octanol–water partition coefficient (Wildman–Crippen LogP) is 3.35. The predicted molar refractivity (Wildman–Crippen MR) is 101 cm³/mol. The number of hydrogen-bond donors (Lipinski definition) is 2. The Labute approximate surface area is 144 Å². The van der Waals surface area contributed by atoms with Crippen LogP contribution < -0.4 is 10.2 Å². The van der Waals surface area contributed by atoms with Gasteiger partial charge in [-0.2, -0.15) is 0 Å². The van der Waals surface area contributed by atoms with Crippen molar-refractivity contribution in [3.05, 3.63) is 47.8 Å². The molecule has 0 unspecified atom stereocenters. The van der Waals surface area contributed by atoms with Crippen LogP contribution in [0.4, 0.5) is 11.4 Å². The molecule has 0 aliphatic carbocycles. The van der Waals surface area contributed by atoms with E-state index in [1.807, 2.05) is 26.8 Å². The normalized spacial score (nSPS) is 14.8. The molecule has 1 aliphatic rings. The number of carbonyl (C=O) groups is 1. The first kappa shape index (κ1) is 18.1. The molecule has 0 saturated carbocycles. The Bertz CT molecular complexity index is 643. The molecule has 1 aromatic carbocycles. The summed E-state index contributed by atoms with van der Waals surface area (Å²) >= 11 is 0. The smallest absolute Gasteiger partial charge is 0.272 e.